The Morgan fingerprint density at radius 2 is 1.96 bits per heavy atom. The molecule has 2 heterocycles. The number of hydrogen-bond donors (Lipinski definition) is 1. The summed E-state index contributed by atoms with van der Waals surface area (Å²) in [5, 5.41) is 0. The Balaban J connectivity index is 1.76. The zero-order chi connectivity index (χ0) is 17.9. The van der Waals surface area contributed by atoms with Crippen molar-refractivity contribution in [3.05, 3.63) is 29.3 Å². The Labute approximate surface area is 151 Å². The Morgan fingerprint density at radius 1 is 1.20 bits per heavy atom. The summed E-state index contributed by atoms with van der Waals surface area (Å²) >= 11 is 0. The van der Waals surface area contributed by atoms with Crippen LogP contribution in [0.1, 0.15) is 43.2 Å². The highest BCUT2D eigenvalue weighted by Gasteiger charge is 2.46. The highest BCUT2D eigenvalue weighted by atomic mass is 16.5. The number of hydrogen-bond acceptors (Lipinski definition) is 4. The molecule has 1 unspecified atom stereocenters. The van der Waals surface area contributed by atoms with Gasteiger partial charge in [-0.15, -0.1) is 0 Å². The fourth-order valence-electron chi connectivity index (χ4n) is 4.44. The van der Waals surface area contributed by atoms with E-state index >= 15 is 0 Å². The number of ether oxygens (including phenoxy) is 1. The van der Waals surface area contributed by atoms with E-state index in [1.807, 2.05) is 0 Å². The first-order valence-electron chi connectivity index (χ1n) is 9.45. The van der Waals surface area contributed by atoms with Gasteiger partial charge in [-0.05, 0) is 62.8 Å². The lowest BCUT2D eigenvalue weighted by Gasteiger charge is -2.35. The van der Waals surface area contributed by atoms with Crippen LogP contribution < -0.4 is 10.6 Å². The summed E-state index contributed by atoms with van der Waals surface area (Å²) in [6.07, 6.45) is 5.68. The van der Waals surface area contributed by atoms with Crippen LogP contribution in [0.2, 0.25) is 0 Å². The quantitative estimate of drug-likeness (QED) is 0.860. The van der Waals surface area contributed by atoms with Crippen molar-refractivity contribution < 1.29 is 9.53 Å². The number of nitrogens with two attached hydrogens (primary N) is 1. The zero-order valence-corrected chi connectivity index (χ0v) is 15.6. The molecule has 2 fully saturated rings. The van der Waals surface area contributed by atoms with Crippen molar-refractivity contribution in [3.63, 3.8) is 0 Å². The number of likely N-dealkylation sites (tertiary alicyclic amines) is 1. The number of primary amides is 1. The van der Waals surface area contributed by atoms with Crippen molar-refractivity contribution in [2.75, 3.05) is 38.3 Å². The second kappa shape index (κ2) is 7.75. The molecule has 0 aromatic heterocycles. The number of aryl methyl sites for hydroxylation is 1. The van der Waals surface area contributed by atoms with E-state index in [2.05, 4.69) is 34.9 Å². The van der Waals surface area contributed by atoms with Crippen molar-refractivity contribution in [2.24, 2.45) is 5.73 Å². The summed E-state index contributed by atoms with van der Waals surface area (Å²) in [6, 6.07) is 6.71. The van der Waals surface area contributed by atoms with Gasteiger partial charge in [0.1, 0.15) is 5.54 Å². The van der Waals surface area contributed by atoms with Gasteiger partial charge in [0.2, 0.25) is 5.91 Å². The molecule has 1 amide bonds. The number of anilines is 1. The molecule has 0 spiro atoms. The smallest absolute Gasteiger partial charge is 0.240 e. The Kier molecular flexibility index (Phi) is 5.64. The number of rotatable bonds is 6. The standard InChI is InChI=1S/C20H31N3O2/c1-16-13-17(7-8-18(16)22-10-4-3-5-11-22)14-23-12-6-9-20(23,15-25-2)19(21)24/h7-8,13H,3-6,9-12,14-15H2,1-2H3,(H2,21,24). The van der Waals surface area contributed by atoms with Crippen molar-refractivity contribution in [2.45, 2.75) is 51.1 Å². The molecule has 0 radical (unpaired) electrons. The van der Waals surface area contributed by atoms with Crippen LogP contribution in [0, 0.1) is 6.92 Å². The van der Waals surface area contributed by atoms with Crippen molar-refractivity contribution in [1.82, 2.24) is 4.90 Å². The van der Waals surface area contributed by atoms with Gasteiger partial charge < -0.3 is 15.4 Å². The van der Waals surface area contributed by atoms with Crippen LogP contribution in [-0.2, 0) is 16.1 Å². The SMILES string of the molecule is COCC1(C(N)=O)CCCN1Cc1ccc(N2CCCCC2)c(C)c1. The molecule has 1 aromatic carbocycles. The second-order valence-corrected chi connectivity index (χ2v) is 7.52. The minimum atomic E-state index is -0.659. The van der Waals surface area contributed by atoms with E-state index in [4.69, 9.17) is 10.5 Å². The van der Waals surface area contributed by atoms with E-state index in [9.17, 15) is 4.79 Å². The van der Waals surface area contributed by atoms with Crippen LogP contribution in [0.15, 0.2) is 18.2 Å². The molecular formula is C20H31N3O2. The van der Waals surface area contributed by atoms with Gasteiger partial charge in [0, 0.05) is 32.4 Å². The van der Waals surface area contributed by atoms with E-state index in [0.29, 0.717) is 6.61 Å². The first-order valence-corrected chi connectivity index (χ1v) is 9.45. The second-order valence-electron chi connectivity index (χ2n) is 7.52. The molecule has 3 rings (SSSR count). The van der Waals surface area contributed by atoms with Gasteiger partial charge >= 0.3 is 0 Å². The summed E-state index contributed by atoms with van der Waals surface area (Å²) in [7, 11) is 1.64. The summed E-state index contributed by atoms with van der Waals surface area (Å²) in [6.45, 7) is 6.50. The molecule has 2 N–H and O–H groups in total. The Hall–Kier alpha value is -1.59. The van der Waals surface area contributed by atoms with Crippen LogP contribution in [0.4, 0.5) is 5.69 Å². The minimum Gasteiger partial charge on any atom is -0.382 e. The van der Waals surface area contributed by atoms with E-state index in [1.165, 1.54) is 36.1 Å². The number of carbonyl (C=O) groups excluding carboxylic acids is 1. The van der Waals surface area contributed by atoms with Gasteiger partial charge in [-0.1, -0.05) is 12.1 Å². The lowest BCUT2D eigenvalue weighted by Crippen LogP contribution is -2.56. The van der Waals surface area contributed by atoms with Crippen molar-refractivity contribution in [1.29, 1.82) is 0 Å². The van der Waals surface area contributed by atoms with Gasteiger partial charge in [-0.2, -0.15) is 0 Å². The number of piperidine rings is 1. The van der Waals surface area contributed by atoms with Crippen LogP contribution in [-0.4, -0.2) is 49.7 Å². The fourth-order valence-corrected chi connectivity index (χ4v) is 4.44. The molecule has 0 bridgehead atoms. The molecule has 5 nitrogen and oxygen atoms in total. The summed E-state index contributed by atoms with van der Waals surface area (Å²) in [5.41, 5.74) is 8.99. The summed E-state index contributed by atoms with van der Waals surface area (Å²) in [4.78, 5) is 16.8. The molecule has 2 aliphatic heterocycles. The number of benzene rings is 1. The predicted octanol–water partition coefficient (Wildman–Crippen LogP) is 2.45. The normalized spacial score (nSPS) is 24.6. The van der Waals surface area contributed by atoms with Crippen molar-refractivity contribution >= 4 is 11.6 Å². The molecule has 0 saturated carbocycles. The molecule has 138 valence electrons. The molecule has 2 aliphatic rings. The number of nitrogens with zero attached hydrogens (tertiary/aromatic N) is 2. The zero-order valence-electron chi connectivity index (χ0n) is 15.6. The highest BCUT2D eigenvalue weighted by Crippen LogP contribution is 2.32. The third-order valence-electron chi connectivity index (χ3n) is 5.80. The van der Waals surface area contributed by atoms with Crippen LogP contribution in [0.3, 0.4) is 0 Å². The van der Waals surface area contributed by atoms with Gasteiger partial charge in [0.15, 0.2) is 0 Å². The largest absolute Gasteiger partial charge is 0.382 e. The third kappa shape index (κ3) is 3.67. The van der Waals surface area contributed by atoms with Crippen LogP contribution in [0.25, 0.3) is 0 Å². The first kappa shape index (κ1) is 18.2. The lowest BCUT2D eigenvalue weighted by molar-refractivity contribution is -0.132. The Bertz CT molecular complexity index is 613. The fraction of sp³-hybridized carbons (Fsp3) is 0.650. The van der Waals surface area contributed by atoms with E-state index in [1.54, 1.807) is 7.11 Å². The average Bonchev–Trinajstić information content (AvgIpc) is 3.00. The topological polar surface area (TPSA) is 58.8 Å². The molecule has 1 atom stereocenters. The molecular weight excluding hydrogens is 314 g/mol. The maximum atomic E-state index is 12.1. The predicted molar refractivity (Wildman–Crippen MR) is 101 cm³/mol. The minimum absolute atomic E-state index is 0.270. The maximum Gasteiger partial charge on any atom is 0.240 e. The summed E-state index contributed by atoms with van der Waals surface area (Å²) in [5.74, 6) is -0.270. The van der Waals surface area contributed by atoms with E-state index < -0.39 is 5.54 Å². The average molecular weight is 345 g/mol. The van der Waals surface area contributed by atoms with E-state index in [-0.39, 0.29) is 5.91 Å². The first-order chi connectivity index (χ1) is 12.1. The van der Waals surface area contributed by atoms with Crippen molar-refractivity contribution in [3.8, 4) is 0 Å². The van der Waals surface area contributed by atoms with Gasteiger partial charge in [0.05, 0.1) is 6.61 Å². The molecule has 5 heteroatoms. The highest BCUT2D eigenvalue weighted by molar-refractivity contribution is 5.85. The maximum absolute atomic E-state index is 12.1. The molecule has 1 aromatic rings. The lowest BCUT2D eigenvalue weighted by atomic mass is 9.95. The van der Waals surface area contributed by atoms with E-state index in [0.717, 1.165) is 39.0 Å². The Morgan fingerprint density at radius 3 is 2.60 bits per heavy atom. The number of amides is 1. The third-order valence-corrected chi connectivity index (χ3v) is 5.80. The van der Waals surface area contributed by atoms with Gasteiger partial charge in [0.25, 0.3) is 0 Å². The summed E-state index contributed by atoms with van der Waals surface area (Å²) < 4.78 is 5.33. The number of methoxy groups -OCH3 is 1. The molecule has 2 saturated heterocycles. The molecule has 0 aliphatic carbocycles. The van der Waals surface area contributed by atoms with Crippen LogP contribution in [0.5, 0.6) is 0 Å². The van der Waals surface area contributed by atoms with Gasteiger partial charge in [-0.3, -0.25) is 9.69 Å². The van der Waals surface area contributed by atoms with Crippen LogP contribution >= 0.6 is 0 Å². The number of carbonyl (C=O) groups is 1. The monoisotopic (exact) mass is 345 g/mol. The van der Waals surface area contributed by atoms with Gasteiger partial charge in [-0.25, -0.2) is 0 Å². The molecule has 25 heavy (non-hydrogen) atoms.